The maximum absolute atomic E-state index is 12.7. The number of para-hydroxylation sites is 1. The van der Waals surface area contributed by atoms with E-state index in [0.717, 1.165) is 36.0 Å². The second kappa shape index (κ2) is 7.09. The van der Waals surface area contributed by atoms with Crippen molar-refractivity contribution in [2.75, 3.05) is 23.4 Å². The molecule has 1 aromatic carbocycles. The minimum Gasteiger partial charge on any atom is -0.394 e. The number of aliphatic hydroxyl groups is 1. The van der Waals surface area contributed by atoms with Crippen LogP contribution in [0.5, 0.6) is 0 Å². The van der Waals surface area contributed by atoms with Crippen molar-refractivity contribution in [1.82, 2.24) is 9.97 Å². The number of nitrogens with zero attached hydrogens (tertiary/aromatic N) is 3. The number of carbonyl (C=O) groups excluding carboxylic acids is 1. The summed E-state index contributed by atoms with van der Waals surface area (Å²) in [5, 5.41) is 13.4. The van der Waals surface area contributed by atoms with Crippen molar-refractivity contribution >= 4 is 28.2 Å². The number of benzene rings is 1. The first kappa shape index (κ1) is 16.5. The highest BCUT2D eigenvalue weighted by atomic mass is 16.3. The molecule has 0 unspecified atom stereocenters. The third-order valence-electron chi connectivity index (χ3n) is 4.78. The lowest BCUT2D eigenvalue weighted by Gasteiger charge is -2.25. The smallest absolute Gasteiger partial charge is 0.274 e. The third kappa shape index (κ3) is 3.11. The zero-order valence-corrected chi connectivity index (χ0v) is 14.3. The van der Waals surface area contributed by atoms with Crippen molar-refractivity contribution in [3.63, 3.8) is 0 Å². The Morgan fingerprint density at radius 1 is 1.19 bits per heavy atom. The minimum atomic E-state index is -0.273. The van der Waals surface area contributed by atoms with Crippen molar-refractivity contribution in [3.8, 4) is 0 Å². The Labute approximate surface area is 151 Å². The fourth-order valence-electron chi connectivity index (χ4n) is 3.48. The Hall–Kier alpha value is -2.99. The molecule has 1 aliphatic heterocycles. The van der Waals surface area contributed by atoms with Crippen LogP contribution in [0.4, 0.5) is 11.4 Å². The summed E-state index contributed by atoms with van der Waals surface area (Å²) in [6.07, 6.45) is 5.34. The summed E-state index contributed by atoms with van der Waals surface area (Å²) >= 11 is 0. The van der Waals surface area contributed by atoms with Crippen LogP contribution >= 0.6 is 0 Å². The number of aromatic nitrogens is 2. The van der Waals surface area contributed by atoms with Crippen LogP contribution in [-0.2, 0) is 0 Å². The number of hydrogen-bond donors (Lipinski definition) is 2. The van der Waals surface area contributed by atoms with Gasteiger partial charge < -0.3 is 15.3 Å². The average molecular weight is 348 g/mol. The van der Waals surface area contributed by atoms with E-state index >= 15 is 0 Å². The van der Waals surface area contributed by atoms with E-state index in [0.29, 0.717) is 11.4 Å². The molecule has 0 radical (unpaired) electrons. The molecule has 1 aliphatic rings. The number of rotatable bonds is 4. The Balaban J connectivity index is 1.59. The predicted octanol–water partition coefficient (Wildman–Crippen LogP) is 2.84. The lowest BCUT2D eigenvalue weighted by atomic mass is 10.2. The van der Waals surface area contributed by atoms with Crippen LogP contribution in [0.2, 0.25) is 0 Å². The van der Waals surface area contributed by atoms with E-state index in [9.17, 15) is 9.90 Å². The number of anilines is 2. The van der Waals surface area contributed by atoms with Crippen LogP contribution in [-0.4, -0.2) is 40.2 Å². The number of pyridine rings is 2. The molecule has 0 bridgehead atoms. The van der Waals surface area contributed by atoms with Gasteiger partial charge in [-0.1, -0.05) is 18.2 Å². The third-order valence-corrected chi connectivity index (χ3v) is 4.78. The molecule has 0 saturated carbocycles. The van der Waals surface area contributed by atoms with Crippen molar-refractivity contribution < 1.29 is 9.90 Å². The van der Waals surface area contributed by atoms with Gasteiger partial charge in [0.25, 0.3) is 5.91 Å². The average Bonchev–Trinajstić information content (AvgIpc) is 3.17. The fourth-order valence-corrected chi connectivity index (χ4v) is 3.48. The molecule has 2 N–H and O–H groups in total. The van der Waals surface area contributed by atoms with Crippen LogP contribution < -0.4 is 10.2 Å². The molecule has 3 heterocycles. The topological polar surface area (TPSA) is 78.4 Å². The molecule has 0 aliphatic carbocycles. The largest absolute Gasteiger partial charge is 0.394 e. The standard InChI is InChI=1S/C20H20N4O2/c25-13-16-6-3-11-24(16)15-8-10-21-18(12-15)20(26)23-17-7-1-4-14-5-2-9-22-19(14)17/h1-2,4-5,7-10,12,16,25H,3,6,11,13H2,(H,23,26)/t16-/m1/s1. The summed E-state index contributed by atoms with van der Waals surface area (Å²) in [7, 11) is 0. The summed E-state index contributed by atoms with van der Waals surface area (Å²) in [6.45, 7) is 0.995. The normalized spacial score (nSPS) is 16.8. The van der Waals surface area contributed by atoms with Crippen molar-refractivity contribution in [2.45, 2.75) is 18.9 Å². The molecule has 6 heteroatoms. The van der Waals surface area contributed by atoms with E-state index in [1.165, 1.54) is 0 Å². The summed E-state index contributed by atoms with van der Waals surface area (Å²) in [5.41, 5.74) is 2.67. The van der Waals surface area contributed by atoms with Gasteiger partial charge in [0.15, 0.2) is 0 Å². The number of fused-ring (bicyclic) bond motifs is 1. The fraction of sp³-hybridized carbons (Fsp3) is 0.250. The van der Waals surface area contributed by atoms with E-state index in [2.05, 4.69) is 20.2 Å². The van der Waals surface area contributed by atoms with Crippen molar-refractivity contribution in [1.29, 1.82) is 0 Å². The molecular weight excluding hydrogens is 328 g/mol. The summed E-state index contributed by atoms with van der Waals surface area (Å²) in [6, 6.07) is 13.3. The Bertz CT molecular complexity index is 939. The molecular formula is C20H20N4O2. The molecule has 26 heavy (non-hydrogen) atoms. The van der Waals surface area contributed by atoms with E-state index < -0.39 is 0 Å². The zero-order chi connectivity index (χ0) is 17.9. The monoisotopic (exact) mass is 348 g/mol. The van der Waals surface area contributed by atoms with Crippen LogP contribution in [0.1, 0.15) is 23.3 Å². The quantitative estimate of drug-likeness (QED) is 0.758. The van der Waals surface area contributed by atoms with Gasteiger partial charge in [-0.05, 0) is 37.1 Å². The van der Waals surface area contributed by atoms with Gasteiger partial charge in [-0.3, -0.25) is 14.8 Å². The molecule has 1 amide bonds. The molecule has 0 spiro atoms. The van der Waals surface area contributed by atoms with Crippen molar-refractivity contribution in [3.05, 3.63) is 60.6 Å². The van der Waals surface area contributed by atoms with Gasteiger partial charge in [0.2, 0.25) is 0 Å². The number of nitrogens with one attached hydrogen (secondary N) is 1. The summed E-state index contributed by atoms with van der Waals surface area (Å²) < 4.78 is 0. The van der Waals surface area contributed by atoms with E-state index in [1.807, 2.05) is 36.4 Å². The summed E-state index contributed by atoms with van der Waals surface area (Å²) in [5.74, 6) is -0.273. The number of aliphatic hydroxyl groups excluding tert-OH is 1. The van der Waals surface area contributed by atoms with Crippen LogP contribution in [0.15, 0.2) is 54.9 Å². The highest BCUT2D eigenvalue weighted by Crippen LogP contribution is 2.26. The maximum atomic E-state index is 12.7. The Morgan fingerprint density at radius 3 is 2.96 bits per heavy atom. The van der Waals surface area contributed by atoms with Gasteiger partial charge in [-0.25, -0.2) is 0 Å². The van der Waals surface area contributed by atoms with Gasteiger partial charge in [0.05, 0.1) is 23.9 Å². The first-order valence-electron chi connectivity index (χ1n) is 8.75. The molecule has 1 fully saturated rings. The van der Waals surface area contributed by atoms with Crippen molar-refractivity contribution in [2.24, 2.45) is 0 Å². The second-order valence-electron chi connectivity index (χ2n) is 6.41. The Kier molecular flexibility index (Phi) is 4.50. The number of carbonyl (C=O) groups is 1. The van der Waals surface area contributed by atoms with Gasteiger partial charge in [0.1, 0.15) is 5.69 Å². The van der Waals surface area contributed by atoms with Crippen LogP contribution in [0, 0.1) is 0 Å². The molecule has 3 aromatic rings. The molecule has 4 rings (SSSR count). The van der Waals surface area contributed by atoms with E-state index in [-0.39, 0.29) is 18.6 Å². The molecule has 6 nitrogen and oxygen atoms in total. The molecule has 1 atom stereocenters. The van der Waals surface area contributed by atoms with Crippen LogP contribution in [0.3, 0.4) is 0 Å². The van der Waals surface area contributed by atoms with Gasteiger partial charge in [0, 0.05) is 30.0 Å². The SMILES string of the molecule is O=C(Nc1cccc2cccnc12)c1cc(N2CCC[C@@H]2CO)ccn1. The van der Waals surface area contributed by atoms with Crippen LogP contribution in [0.25, 0.3) is 10.9 Å². The summed E-state index contributed by atoms with van der Waals surface area (Å²) in [4.78, 5) is 23.4. The zero-order valence-electron chi connectivity index (χ0n) is 14.3. The van der Waals surface area contributed by atoms with E-state index in [1.54, 1.807) is 18.5 Å². The minimum absolute atomic E-state index is 0.107. The van der Waals surface area contributed by atoms with Gasteiger partial charge >= 0.3 is 0 Å². The number of hydrogen-bond acceptors (Lipinski definition) is 5. The highest BCUT2D eigenvalue weighted by Gasteiger charge is 2.24. The lowest BCUT2D eigenvalue weighted by molar-refractivity contribution is 0.102. The molecule has 2 aromatic heterocycles. The first-order chi connectivity index (χ1) is 12.8. The molecule has 1 saturated heterocycles. The lowest BCUT2D eigenvalue weighted by Crippen LogP contribution is -2.32. The predicted molar refractivity (Wildman–Crippen MR) is 101 cm³/mol. The van der Waals surface area contributed by atoms with E-state index in [4.69, 9.17) is 0 Å². The van der Waals surface area contributed by atoms with Gasteiger partial charge in [-0.2, -0.15) is 0 Å². The maximum Gasteiger partial charge on any atom is 0.274 e. The first-order valence-corrected chi connectivity index (χ1v) is 8.75. The molecule has 132 valence electrons. The second-order valence-corrected chi connectivity index (χ2v) is 6.41. The Morgan fingerprint density at radius 2 is 2.08 bits per heavy atom. The highest BCUT2D eigenvalue weighted by molar-refractivity contribution is 6.07. The number of amides is 1. The van der Waals surface area contributed by atoms with Gasteiger partial charge in [-0.15, -0.1) is 0 Å².